The number of fused-ring (bicyclic) bond motifs is 5. The van der Waals surface area contributed by atoms with Crippen LogP contribution in [-0.4, -0.2) is 35.7 Å². The summed E-state index contributed by atoms with van der Waals surface area (Å²) in [4.78, 5) is 23.8. The standard InChI is InChI=1S/C27H40O6/c1-15(28)31-24-16-7-8-21-26(4,12-9-20-25(2,3)10-6-11-27(20,21)5)18(16)14-19(32-24)17-13-22(29)33-23(17)30/h13,16,18-21,23-24,30H,6-12,14H2,1-5H3/t16-,18+,19+,20?,21?,23-,24-,26-,27-/m0/s1. The van der Waals surface area contributed by atoms with Crippen molar-refractivity contribution in [3.8, 4) is 0 Å². The maximum absolute atomic E-state index is 12.0. The van der Waals surface area contributed by atoms with Gasteiger partial charge in [0.1, 0.15) is 0 Å². The second-order valence-corrected chi connectivity index (χ2v) is 12.6. The number of aliphatic hydroxyl groups excluding tert-OH is 1. The molecule has 33 heavy (non-hydrogen) atoms. The van der Waals surface area contributed by atoms with Crippen LogP contribution in [0.15, 0.2) is 11.6 Å². The third-order valence-electron chi connectivity index (χ3n) is 10.6. The summed E-state index contributed by atoms with van der Waals surface area (Å²) in [5.41, 5.74) is 1.26. The zero-order chi connectivity index (χ0) is 23.8. The Balaban J connectivity index is 1.50. The molecule has 9 atom stereocenters. The first-order valence-electron chi connectivity index (χ1n) is 12.9. The van der Waals surface area contributed by atoms with Crippen LogP contribution in [0.1, 0.15) is 86.0 Å². The van der Waals surface area contributed by atoms with Gasteiger partial charge in [0, 0.05) is 24.5 Å². The maximum Gasteiger partial charge on any atom is 0.333 e. The van der Waals surface area contributed by atoms with Gasteiger partial charge in [0.05, 0.1) is 6.10 Å². The van der Waals surface area contributed by atoms with Gasteiger partial charge in [-0.1, -0.05) is 34.1 Å². The van der Waals surface area contributed by atoms with Crippen LogP contribution in [-0.2, 0) is 23.8 Å². The van der Waals surface area contributed by atoms with E-state index in [4.69, 9.17) is 14.2 Å². The van der Waals surface area contributed by atoms with E-state index in [2.05, 4.69) is 27.7 Å². The van der Waals surface area contributed by atoms with Crippen molar-refractivity contribution in [2.45, 2.75) is 105 Å². The summed E-state index contributed by atoms with van der Waals surface area (Å²) in [5, 5.41) is 10.3. The average molecular weight is 461 g/mol. The van der Waals surface area contributed by atoms with Crippen molar-refractivity contribution in [1.82, 2.24) is 0 Å². The molecule has 1 N–H and O–H groups in total. The van der Waals surface area contributed by atoms with Gasteiger partial charge in [-0.2, -0.15) is 0 Å². The minimum absolute atomic E-state index is 0.108. The van der Waals surface area contributed by atoms with Gasteiger partial charge >= 0.3 is 11.9 Å². The number of rotatable bonds is 2. The van der Waals surface area contributed by atoms with Crippen molar-refractivity contribution in [2.24, 2.45) is 39.9 Å². The van der Waals surface area contributed by atoms with E-state index in [1.54, 1.807) is 0 Å². The van der Waals surface area contributed by atoms with E-state index in [-0.39, 0.29) is 17.3 Å². The summed E-state index contributed by atoms with van der Waals surface area (Å²) in [6.07, 6.45) is 8.07. The van der Waals surface area contributed by atoms with Gasteiger partial charge in [0.25, 0.3) is 0 Å². The summed E-state index contributed by atoms with van der Waals surface area (Å²) in [7, 11) is 0. The first-order chi connectivity index (χ1) is 15.5. The van der Waals surface area contributed by atoms with Crippen LogP contribution in [0.3, 0.4) is 0 Å². The minimum Gasteiger partial charge on any atom is -0.436 e. The van der Waals surface area contributed by atoms with Crippen molar-refractivity contribution in [2.75, 3.05) is 0 Å². The molecular formula is C27H40O6. The maximum atomic E-state index is 12.0. The molecule has 6 nitrogen and oxygen atoms in total. The van der Waals surface area contributed by atoms with Crippen LogP contribution in [0.25, 0.3) is 0 Å². The number of hydrogen-bond acceptors (Lipinski definition) is 6. The van der Waals surface area contributed by atoms with Gasteiger partial charge in [0.2, 0.25) is 12.6 Å². The van der Waals surface area contributed by atoms with E-state index in [0.717, 1.165) is 25.2 Å². The number of hydrogen-bond donors (Lipinski definition) is 1. The fourth-order valence-electron chi connectivity index (χ4n) is 9.32. The van der Waals surface area contributed by atoms with Gasteiger partial charge in [-0.05, 0) is 78.9 Å². The second-order valence-electron chi connectivity index (χ2n) is 12.6. The van der Waals surface area contributed by atoms with Crippen molar-refractivity contribution in [3.05, 3.63) is 11.6 Å². The number of ether oxygens (including phenoxy) is 3. The third kappa shape index (κ3) is 3.58. The van der Waals surface area contributed by atoms with E-state index in [9.17, 15) is 14.7 Å². The minimum atomic E-state index is -1.28. The Bertz CT molecular complexity index is 863. The Labute approximate surface area is 197 Å². The van der Waals surface area contributed by atoms with Crippen molar-refractivity contribution in [1.29, 1.82) is 0 Å². The zero-order valence-electron chi connectivity index (χ0n) is 20.8. The molecule has 2 aliphatic heterocycles. The normalized spacial score (nSPS) is 48.6. The number of carbonyl (C=O) groups excluding carboxylic acids is 2. The number of aliphatic hydroxyl groups is 1. The number of esters is 2. The Kier molecular flexibility index (Phi) is 5.52. The summed E-state index contributed by atoms with van der Waals surface area (Å²) < 4.78 is 16.9. The second kappa shape index (κ2) is 7.81. The molecule has 5 rings (SSSR count). The van der Waals surface area contributed by atoms with Crippen molar-refractivity contribution < 1.29 is 28.9 Å². The Morgan fingerprint density at radius 1 is 1.06 bits per heavy atom. The molecule has 6 heteroatoms. The molecule has 0 aromatic carbocycles. The Morgan fingerprint density at radius 3 is 2.48 bits per heavy atom. The molecule has 0 aromatic rings. The monoisotopic (exact) mass is 460 g/mol. The lowest BCUT2D eigenvalue weighted by Crippen LogP contribution is -2.62. The highest BCUT2D eigenvalue weighted by Crippen LogP contribution is 2.70. The molecule has 2 unspecified atom stereocenters. The quantitative estimate of drug-likeness (QED) is 0.600. The van der Waals surface area contributed by atoms with Gasteiger partial charge < -0.3 is 19.3 Å². The van der Waals surface area contributed by atoms with Gasteiger partial charge in [-0.15, -0.1) is 0 Å². The van der Waals surface area contributed by atoms with Crippen molar-refractivity contribution >= 4 is 11.9 Å². The van der Waals surface area contributed by atoms with Crippen LogP contribution in [0, 0.1) is 39.9 Å². The summed E-state index contributed by atoms with van der Waals surface area (Å²) in [6, 6.07) is 0. The molecule has 0 radical (unpaired) electrons. The molecular weight excluding hydrogens is 420 g/mol. The van der Waals surface area contributed by atoms with Crippen LogP contribution in [0.2, 0.25) is 0 Å². The first-order valence-corrected chi connectivity index (χ1v) is 12.9. The van der Waals surface area contributed by atoms with E-state index in [0.29, 0.717) is 28.2 Å². The third-order valence-corrected chi connectivity index (χ3v) is 10.6. The van der Waals surface area contributed by atoms with E-state index >= 15 is 0 Å². The molecule has 184 valence electrons. The summed E-state index contributed by atoms with van der Waals surface area (Å²) >= 11 is 0. The molecule has 3 saturated carbocycles. The Morgan fingerprint density at radius 2 is 1.82 bits per heavy atom. The highest BCUT2D eigenvalue weighted by molar-refractivity contribution is 5.85. The first kappa shape index (κ1) is 23.3. The molecule has 0 bridgehead atoms. The van der Waals surface area contributed by atoms with E-state index in [1.807, 2.05) is 0 Å². The fourth-order valence-corrected chi connectivity index (χ4v) is 9.32. The van der Waals surface area contributed by atoms with Crippen LogP contribution < -0.4 is 0 Å². The molecule has 0 spiro atoms. The van der Waals surface area contributed by atoms with Crippen LogP contribution >= 0.6 is 0 Å². The lowest BCUT2D eigenvalue weighted by Gasteiger charge is -2.67. The molecule has 5 aliphatic rings. The summed E-state index contributed by atoms with van der Waals surface area (Å²) in [5.74, 6) is 0.882. The smallest absolute Gasteiger partial charge is 0.333 e. The predicted molar refractivity (Wildman–Crippen MR) is 121 cm³/mol. The molecule has 0 amide bonds. The summed E-state index contributed by atoms with van der Waals surface area (Å²) in [6.45, 7) is 11.4. The van der Waals surface area contributed by atoms with E-state index < -0.39 is 24.7 Å². The molecule has 0 aromatic heterocycles. The van der Waals surface area contributed by atoms with E-state index in [1.165, 1.54) is 45.1 Å². The largest absolute Gasteiger partial charge is 0.436 e. The lowest BCUT2D eigenvalue weighted by atomic mass is 9.38. The Hall–Kier alpha value is -1.40. The fraction of sp³-hybridized carbons (Fsp3) is 0.852. The van der Waals surface area contributed by atoms with Gasteiger partial charge in [-0.3, -0.25) is 4.79 Å². The highest BCUT2D eigenvalue weighted by atomic mass is 16.7. The van der Waals surface area contributed by atoms with Crippen LogP contribution in [0.5, 0.6) is 0 Å². The lowest BCUT2D eigenvalue weighted by molar-refractivity contribution is -0.270. The molecule has 3 aliphatic carbocycles. The van der Waals surface area contributed by atoms with Gasteiger partial charge in [-0.25, -0.2) is 4.79 Å². The van der Waals surface area contributed by atoms with Crippen molar-refractivity contribution in [3.63, 3.8) is 0 Å². The van der Waals surface area contributed by atoms with Gasteiger partial charge in [0.15, 0.2) is 0 Å². The molecule has 4 fully saturated rings. The SMILES string of the molecule is CC(=O)O[C@H]1O[C@@H](C2=CC(=O)O[C@@H]2O)C[C@@H]2[C@@H]1CCC1[C@@]3(C)CCCC(C)(C)C3CC[C@]12C. The number of carbonyl (C=O) groups is 2. The predicted octanol–water partition coefficient (Wildman–Crippen LogP) is 4.74. The molecule has 1 saturated heterocycles. The zero-order valence-corrected chi connectivity index (χ0v) is 20.8. The average Bonchev–Trinajstić information content (AvgIpc) is 3.04. The van der Waals surface area contributed by atoms with Crippen LogP contribution in [0.4, 0.5) is 0 Å². The number of cyclic esters (lactones) is 1. The topological polar surface area (TPSA) is 82.1 Å². The highest BCUT2D eigenvalue weighted by Gasteiger charge is 2.64. The molecule has 2 heterocycles.